The highest BCUT2D eigenvalue weighted by Crippen LogP contribution is 2.20. The molecule has 0 fully saturated rings. The van der Waals surface area contributed by atoms with Gasteiger partial charge in [0.25, 0.3) is 0 Å². The van der Waals surface area contributed by atoms with Gasteiger partial charge in [-0.25, -0.2) is 4.79 Å². The molecule has 6 heteroatoms. The molecule has 1 aromatic carbocycles. The minimum Gasteiger partial charge on any atom is -0.478 e. The quantitative estimate of drug-likeness (QED) is 0.665. The topological polar surface area (TPSA) is 61.7 Å². The molecule has 18 heavy (non-hydrogen) atoms. The first-order valence-corrected chi connectivity index (χ1v) is 6.28. The number of anilines is 1. The summed E-state index contributed by atoms with van der Waals surface area (Å²) < 4.78 is 0. The molecule has 1 heterocycles. The molecule has 4 nitrogen and oxygen atoms in total. The Morgan fingerprint density at radius 1 is 1.44 bits per heavy atom. The van der Waals surface area contributed by atoms with Crippen molar-refractivity contribution in [3.8, 4) is 0 Å². The molecular weight excluding hydrogens is 272 g/mol. The maximum Gasteiger partial charge on any atom is 0.337 e. The average Bonchev–Trinajstić information content (AvgIpc) is 2.84. The minimum atomic E-state index is -1.06. The lowest BCUT2D eigenvalue weighted by atomic mass is 10.2. The van der Waals surface area contributed by atoms with Crippen LogP contribution in [-0.2, 0) is 0 Å². The Labute approximate surface area is 113 Å². The van der Waals surface area contributed by atoms with Crippen molar-refractivity contribution in [2.75, 3.05) is 5.43 Å². The Morgan fingerprint density at radius 3 is 2.94 bits per heavy atom. The first-order valence-electron chi connectivity index (χ1n) is 5.02. The maximum atomic E-state index is 10.9. The molecule has 0 spiro atoms. The summed E-state index contributed by atoms with van der Waals surface area (Å²) in [6, 6.07) is 8.49. The zero-order valence-electron chi connectivity index (χ0n) is 9.13. The van der Waals surface area contributed by atoms with E-state index in [1.807, 2.05) is 17.5 Å². The minimum absolute atomic E-state index is 0.0491. The van der Waals surface area contributed by atoms with E-state index in [2.05, 4.69) is 10.5 Å². The largest absolute Gasteiger partial charge is 0.478 e. The number of nitrogens with zero attached hydrogens (tertiary/aromatic N) is 1. The van der Waals surface area contributed by atoms with Crippen LogP contribution in [0.3, 0.4) is 0 Å². The standard InChI is InChI=1S/C12H9ClN2O2S/c13-11-4-3-8(6-10(11)12(16)17)15-14-7-9-2-1-5-18-9/h1-7,15H,(H,16,17)/b14-7-. The third kappa shape index (κ3) is 3.09. The second-order valence-electron chi connectivity index (χ2n) is 3.39. The zero-order valence-corrected chi connectivity index (χ0v) is 10.7. The fraction of sp³-hybridized carbons (Fsp3) is 0. The monoisotopic (exact) mass is 280 g/mol. The highest BCUT2D eigenvalue weighted by Gasteiger charge is 2.08. The molecule has 0 saturated carbocycles. The highest BCUT2D eigenvalue weighted by atomic mass is 35.5. The van der Waals surface area contributed by atoms with Crippen molar-refractivity contribution in [2.24, 2.45) is 5.10 Å². The average molecular weight is 281 g/mol. The molecular formula is C12H9ClN2O2S. The summed E-state index contributed by atoms with van der Waals surface area (Å²) in [5.74, 6) is -1.06. The van der Waals surface area contributed by atoms with E-state index in [0.717, 1.165) is 4.88 Å². The number of halogens is 1. The van der Waals surface area contributed by atoms with Crippen LogP contribution in [0.1, 0.15) is 15.2 Å². The van der Waals surface area contributed by atoms with Crippen molar-refractivity contribution in [3.63, 3.8) is 0 Å². The third-order valence-corrected chi connectivity index (χ3v) is 3.26. The van der Waals surface area contributed by atoms with E-state index in [0.29, 0.717) is 5.69 Å². The molecule has 0 amide bonds. The van der Waals surface area contributed by atoms with Gasteiger partial charge in [0.15, 0.2) is 0 Å². The number of rotatable bonds is 4. The van der Waals surface area contributed by atoms with Crippen molar-refractivity contribution in [1.82, 2.24) is 0 Å². The number of carboxylic acid groups (broad SMARTS) is 1. The Kier molecular flexibility index (Phi) is 3.96. The summed E-state index contributed by atoms with van der Waals surface area (Å²) >= 11 is 7.33. The van der Waals surface area contributed by atoms with Gasteiger partial charge in [-0.05, 0) is 29.6 Å². The maximum absolute atomic E-state index is 10.9. The van der Waals surface area contributed by atoms with Crippen LogP contribution >= 0.6 is 22.9 Å². The third-order valence-electron chi connectivity index (χ3n) is 2.13. The summed E-state index contributed by atoms with van der Waals surface area (Å²) in [5, 5.41) is 15.1. The van der Waals surface area contributed by atoms with Gasteiger partial charge in [0, 0.05) is 4.88 Å². The summed E-state index contributed by atoms with van der Waals surface area (Å²) in [6.45, 7) is 0. The SMILES string of the molecule is O=C(O)c1cc(N/N=C\c2cccs2)ccc1Cl. The molecule has 0 aliphatic carbocycles. The Morgan fingerprint density at radius 2 is 2.28 bits per heavy atom. The summed E-state index contributed by atoms with van der Waals surface area (Å²) in [5.41, 5.74) is 3.38. The number of benzene rings is 1. The fourth-order valence-corrected chi connectivity index (χ4v) is 2.08. The molecule has 0 aliphatic heterocycles. The van der Waals surface area contributed by atoms with Gasteiger partial charge in [-0.1, -0.05) is 17.7 Å². The van der Waals surface area contributed by atoms with Crippen LogP contribution < -0.4 is 5.43 Å². The van der Waals surface area contributed by atoms with E-state index in [1.165, 1.54) is 12.1 Å². The number of hydrogen-bond donors (Lipinski definition) is 2. The molecule has 2 aromatic rings. The van der Waals surface area contributed by atoms with E-state index in [4.69, 9.17) is 16.7 Å². The molecule has 0 atom stereocenters. The van der Waals surface area contributed by atoms with E-state index in [1.54, 1.807) is 23.6 Å². The molecule has 0 radical (unpaired) electrons. The van der Waals surface area contributed by atoms with E-state index >= 15 is 0 Å². The lowest BCUT2D eigenvalue weighted by molar-refractivity contribution is 0.0697. The molecule has 1 aromatic heterocycles. The second-order valence-corrected chi connectivity index (χ2v) is 4.77. The van der Waals surface area contributed by atoms with E-state index in [9.17, 15) is 4.79 Å². The van der Waals surface area contributed by atoms with Gasteiger partial charge in [-0.15, -0.1) is 11.3 Å². The lowest BCUT2D eigenvalue weighted by Crippen LogP contribution is -1.99. The number of thiophene rings is 1. The smallest absolute Gasteiger partial charge is 0.337 e. The summed E-state index contributed by atoms with van der Waals surface area (Å²) in [6.07, 6.45) is 1.67. The Hall–Kier alpha value is -1.85. The van der Waals surface area contributed by atoms with Gasteiger partial charge in [0.2, 0.25) is 0 Å². The second kappa shape index (κ2) is 5.66. The van der Waals surface area contributed by atoms with E-state index < -0.39 is 5.97 Å². The first-order chi connectivity index (χ1) is 8.66. The first kappa shape index (κ1) is 12.6. The number of aromatic carboxylic acids is 1. The van der Waals surface area contributed by atoms with Gasteiger partial charge < -0.3 is 5.11 Å². The van der Waals surface area contributed by atoms with Gasteiger partial charge in [0.1, 0.15) is 0 Å². The van der Waals surface area contributed by atoms with Gasteiger partial charge in [-0.2, -0.15) is 5.10 Å². The fourth-order valence-electron chi connectivity index (χ4n) is 1.29. The van der Waals surface area contributed by atoms with Crippen LogP contribution in [0.15, 0.2) is 40.8 Å². The molecule has 0 aliphatic rings. The number of hydrazone groups is 1. The normalized spacial score (nSPS) is 10.7. The zero-order chi connectivity index (χ0) is 13.0. The number of carboxylic acids is 1. The predicted molar refractivity (Wildman–Crippen MR) is 73.9 cm³/mol. The molecule has 92 valence electrons. The van der Waals surface area contributed by atoms with Crippen LogP contribution in [0.5, 0.6) is 0 Å². The van der Waals surface area contributed by atoms with Crippen LogP contribution in [0, 0.1) is 0 Å². The van der Waals surface area contributed by atoms with Crippen LogP contribution in [0.25, 0.3) is 0 Å². The van der Waals surface area contributed by atoms with Gasteiger partial charge in [0.05, 0.1) is 22.5 Å². The van der Waals surface area contributed by atoms with Crippen molar-refractivity contribution in [1.29, 1.82) is 0 Å². The van der Waals surface area contributed by atoms with Crippen LogP contribution in [-0.4, -0.2) is 17.3 Å². The van der Waals surface area contributed by atoms with Crippen molar-refractivity contribution < 1.29 is 9.90 Å². The highest BCUT2D eigenvalue weighted by molar-refractivity contribution is 7.11. The van der Waals surface area contributed by atoms with Gasteiger partial charge in [-0.3, -0.25) is 5.43 Å². The number of carbonyl (C=O) groups is 1. The summed E-state index contributed by atoms with van der Waals surface area (Å²) in [4.78, 5) is 11.9. The Bertz CT molecular complexity index is 582. The van der Waals surface area contributed by atoms with Crippen molar-refractivity contribution >= 4 is 40.8 Å². The van der Waals surface area contributed by atoms with Crippen LogP contribution in [0.4, 0.5) is 5.69 Å². The molecule has 2 rings (SSSR count). The Balaban J connectivity index is 2.10. The molecule has 0 unspecified atom stereocenters. The molecule has 0 bridgehead atoms. The van der Waals surface area contributed by atoms with Crippen LogP contribution in [0.2, 0.25) is 5.02 Å². The van der Waals surface area contributed by atoms with Crippen molar-refractivity contribution in [2.45, 2.75) is 0 Å². The number of hydrogen-bond acceptors (Lipinski definition) is 4. The number of nitrogens with one attached hydrogen (secondary N) is 1. The molecule has 0 saturated heterocycles. The van der Waals surface area contributed by atoms with E-state index in [-0.39, 0.29) is 10.6 Å². The van der Waals surface area contributed by atoms with Gasteiger partial charge >= 0.3 is 5.97 Å². The molecule has 2 N–H and O–H groups in total. The predicted octanol–water partition coefficient (Wildman–Crippen LogP) is 3.55. The summed E-state index contributed by atoms with van der Waals surface area (Å²) in [7, 11) is 0. The lowest BCUT2D eigenvalue weighted by Gasteiger charge is -2.03. The van der Waals surface area contributed by atoms with Crippen molar-refractivity contribution in [3.05, 3.63) is 51.2 Å².